The number of pyridine rings is 1. The SMILES string of the molecule is CNC(=O)c1cc(-c2cccnc2[C@H](Cc2cc(F)cc(F)c2)NC(=O)CC2C(=O)Nc3ccc(OC)cc32)ccc1F. The van der Waals surface area contributed by atoms with Gasteiger partial charge in [-0.05, 0) is 71.6 Å². The molecule has 2 atom stereocenters. The summed E-state index contributed by atoms with van der Waals surface area (Å²) in [7, 11) is 2.88. The number of rotatable bonds is 9. The summed E-state index contributed by atoms with van der Waals surface area (Å²) in [5.74, 6) is -4.07. The van der Waals surface area contributed by atoms with Gasteiger partial charge in [0.1, 0.15) is 23.2 Å². The second-order valence-electron chi connectivity index (χ2n) is 10.0. The number of benzene rings is 3. The molecule has 1 aromatic heterocycles. The fourth-order valence-corrected chi connectivity index (χ4v) is 5.19. The van der Waals surface area contributed by atoms with Crippen molar-refractivity contribution in [2.45, 2.75) is 24.8 Å². The maximum atomic E-state index is 14.5. The number of nitrogens with one attached hydrogen (secondary N) is 3. The van der Waals surface area contributed by atoms with Crippen LogP contribution in [-0.2, 0) is 16.0 Å². The van der Waals surface area contributed by atoms with Crippen LogP contribution >= 0.6 is 0 Å². The van der Waals surface area contributed by atoms with Crippen LogP contribution in [0.4, 0.5) is 18.9 Å². The molecule has 11 heteroatoms. The maximum Gasteiger partial charge on any atom is 0.254 e. The summed E-state index contributed by atoms with van der Waals surface area (Å²) in [6, 6.07) is 14.5. The predicted octanol–water partition coefficient (Wildman–Crippen LogP) is 5.06. The van der Waals surface area contributed by atoms with Crippen LogP contribution < -0.4 is 20.7 Å². The van der Waals surface area contributed by atoms with Crippen LogP contribution in [0, 0.1) is 17.5 Å². The molecule has 1 unspecified atom stereocenters. The zero-order valence-corrected chi connectivity index (χ0v) is 23.2. The van der Waals surface area contributed by atoms with Crippen LogP contribution in [0.5, 0.6) is 5.75 Å². The third-order valence-electron chi connectivity index (χ3n) is 7.21. The summed E-state index contributed by atoms with van der Waals surface area (Å²) in [5.41, 5.74) is 2.45. The molecule has 0 aliphatic carbocycles. The Morgan fingerprint density at radius 1 is 1.02 bits per heavy atom. The standard InChI is InChI=1S/C32H27F3N4O4/c1-36-31(41)25-13-18(5-7-26(25)35)22-4-3-9-37-30(22)28(12-17-10-19(33)14-20(34)11-17)38-29(40)16-24-23-15-21(43-2)6-8-27(23)39-32(24)42/h3-11,13-15,24,28H,12,16H2,1-2H3,(H,36,41)(H,38,40)(H,39,42)/t24?,28-/m0/s1. The first-order valence-corrected chi connectivity index (χ1v) is 13.4. The molecule has 0 radical (unpaired) electrons. The van der Waals surface area contributed by atoms with Gasteiger partial charge in [-0.3, -0.25) is 19.4 Å². The van der Waals surface area contributed by atoms with Crippen molar-refractivity contribution in [1.29, 1.82) is 0 Å². The first-order valence-electron chi connectivity index (χ1n) is 13.4. The van der Waals surface area contributed by atoms with Gasteiger partial charge >= 0.3 is 0 Å². The molecule has 0 saturated carbocycles. The minimum Gasteiger partial charge on any atom is -0.497 e. The van der Waals surface area contributed by atoms with Crippen molar-refractivity contribution in [3.05, 3.63) is 113 Å². The number of hydrogen-bond acceptors (Lipinski definition) is 5. The Morgan fingerprint density at radius 2 is 1.79 bits per heavy atom. The smallest absolute Gasteiger partial charge is 0.254 e. The minimum atomic E-state index is -0.923. The van der Waals surface area contributed by atoms with Gasteiger partial charge < -0.3 is 20.7 Å². The lowest BCUT2D eigenvalue weighted by atomic mass is 9.93. The average Bonchev–Trinajstić information content (AvgIpc) is 3.29. The molecule has 3 N–H and O–H groups in total. The van der Waals surface area contributed by atoms with Crippen LogP contribution in [0.2, 0.25) is 0 Å². The van der Waals surface area contributed by atoms with Gasteiger partial charge in [0, 0.05) is 37.0 Å². The van der Waals surface area contributed by atoms with Gasteiger partial charge in [0.2, 0.25) is 11.8 Å². The lowest BCUT2D eigenvalue weighted by molar-refractivity contribution is -0.125. The average molecular weight is 589 g/mol. The van der Waals surface area contributed by atoms with E-state index in [9.17, 15) is 27.6 Å². The summed E-state index contributed by atoms with van der Waals surface area (Å²) in [6.45, 7) is 0. The Labute approximate surface area is 245 Å². The molecule has 3 amide bonds. The molecule has 8 nitrogen and oxygen atoms in total. The van der Waals surface area contributed by atoms with Gasteiger partial charge in [-0.25, -0.2) is 13.2 Å². The van der Waals surface area contributed by atoms with Crippen LogP contribution in [-0.4, -0.2) is 36.9 Å². The third-order valence-corrected chi connectivity index (χ3v) is 7.21. The van der Waals surface area contributed by atoms with E-state index in [2.05, 4.69) is 20.9 Å². The molecule has 1 aliphatic heterocycles. The highest BCUT2D eigenvalue weighted by molar-refractivity contribution is 6.05. The molecule has 0 spiro atoms. The van der Waals surface area contributed by atoms with E-state index in [-0.39, 0.29) is 29.9 Å². The van der Waals surface area contributed by atoms with Crippen molar-refractivity contribution < 1.29 is 32.3 Å². The zero-order chi connectivity index (χ0) is 30.7. The van der Waals surface area contributed by atoms with Gasteiger partial charge in [-0.2, -0.15) is 0 Å². The van der Waals surface area contributed by atoms with Crippen molar-refractivity contribution in [3.8, 4) is 16.9 Å². The number of amides is 3. The minimum absolute atomic E-state index is 0.0603. The molecule has 1 aliphatic rings. The summed E-state index contributed by atoms with van der Waals surface area (Å²) in [4.78, 5) is 43.0. The van der Waals surface area contributed by atoms with Crippen molar-refractivity contribution in [3.63, 3.8) is 0 Å². The molecule has 0 saturated heterocycles. The van der Waals surface area contributed by atoms with Crippen LogP contribution in [0.1, 0.15) is 45.6 Å². The number of ether oxygens (including phenoxy) is 1. The number of fused-ring (bicyclic) bond motifs is 1. The van der Waals surface area contributed by atoms with Crippen LogP contribution in [0.15, 0.2) is 72.9 Å². The summed E-state index contributed by atoms with van der Waals surface area (Å²) >= 11 is 0. The quantitative estimate of drug-likeness (QED) is 0.253. The Balaban J connectivity index is 1.51. The van der Waals surface area contributed by atoms with E-state index < -0.39 is 41.2 Å². The lowest BCUT2D eigenvalue weighted by Crippen LogP contribution is -2.33. The molecule has 3 aromatic carbocycles. The molecular formula is C32H27F3N4O4. The van der Waals surface area contributed by atoms with Gasteiger partial charge in [0.25, 0.3) is 5.91 Å². The van der Waals surface area contributed by atoms with Gasteiger partial charge in [0.05, 0.1) is 30.3 Å². The van der Waals surface area contributed by atoms with Crippen molar-refractivity contribution in [2.75, 3.05) is 19.5 Å². The molecule has 4 aromatic rings. The number of carbonyl (C=O) groups is 3. The highest BCUT2D eigenvalue weighted by Crippen LogP contribution is 2.37. The van der Waals surface area contributed by atoms with E-state index in [4.69, 9.17) is 4.74 Å². The van der Waals surface area contributed by atoms with E-state index >= 15 is 0 Å². The largest absolute Gasteiger partial charge is 0.497 e. The van der Waals surface area contributed by atoms with E-state index in [1.807, 2.05) is 0 Å². The fourth-order valence-electron chi connectivity index (χ4n) is 5.19. The molecule has 43 heavy (non-hydrogen) atoms. The predicted molar refractivity (Wildman–Crippen MR) is 153 cm³/mol. The van der Waals surface area contributed by atoms with E-state index in [1.165, 1.54) is 32.5 Å². The maximum absolute atomic E-state index is 14.5. The Hall–Kier alpha value is -5.19. The number of aromatic nitrogens is 1. The summed E-state index contributed by atoms with van der Waals surface area (Å²) < 4.78 is 48.0. The topological polar surface area (TPSA) is 109 Å². The first kappa shape index (κ1) is 29.3. The van der Waals surface area contributed by atoms with Crippen LogP contribution in [0.25, 0.3) is 11.1 Å². The molecule has 5 rings (SSSR count). The second kappa shape index (κ2) is 12.4. The molecule has 2 heterocycles. The van der Waals surface area contributed by atoms with Crippen molar-refractivity contribution in [2.24, 2.45) is 0 Å². The number of methoxy groups -OCH3 is 1. The first-order chi connectivity index (χ1) is 20.7. The second-order valence-corrected chi connectivity index (χ2v) is 10.0. The Morgan fingerprint density at radius 3 is 2.51 bits per heavy atom. The number of hydrogen-bond donors (Lipinski definition) is 3. The van der Waals surface area contributed by atoms with Gasteiger partial charge in [-0.1, -0.05) is 12.1 Å². The molecule has 0 fully saturated rings. The number of carbonyl (C=O) groups excluding carboxylic acids is 3. The highest BCUT2D eigenvalue weighted by Gasteiger charge is 2.34. The number of nitrogens with zero attached hydrogens (tertiary/aromatic N) is 1. The van der Waals surface area contributed by atoms with Crippen LogP contribution in [0.3, 0.4) is 0 Å². The number of halogens is 3. The Bertz CT molecular complexity index is 1710. The van der Waals surface area contributed by atoms with E-state index in [1.54, 1.807) is 30.3 Å². The van der Waals surface area contributed by atoms with E-state index in [0.717, 1.165) is 24.3 Å². The van der Waals surface area contributed by atoms with Crippen molar-refractivity contribution in [1.82, 2.24) is 15.6 Å². The Kier molecular flexibility index (Phi) is 8.42. The normalized spacial score (nSPS) is 14.4. The summed E-state index contributed by atoms with van der Waals surface area (Å²) in [6.07, 6.45) is 1.20. The molecule has 0 bridgehead atoms. The molecular weight excluding hydrogens is 561 g/mol. The highest BCUT2D eigenvalue weighted by atomic mass is 19.1. The monoisotopic (exact) mass is 588 g/mol. The number of anilines is 1. The lowest BCUT2D eigenvalue weighted by Gasteiger charge is -2.22. The fraction of sp³-hybridized carbons (Fsp3) is 0.188. The van der Waals surface area contributed by atoms with E-state index in [0.29, 0.717) is 33.8 Å². The van der Waals surface area contributed by atoms with Gasteiger partial charge in [-0.15, -0.1) is 0 Å². The summed E-state index contributed by atoms with van der Waals surface area (Å²) in [5, 5.41) is 8.05. The third kappa shape index (κ3) is 6.35. The van der Waals surface area contributed by atoms with Gasteiger partial charge in [0.15, 0.2) is 0 Å². The van der Waals surface area contributed by atoms with Crippen molar-refractivity contribution >= 4 is 23.4 Å². The zero-order valence-electron chi connectivity index (χ0n) is 23.2. The molecule has 220 valence electrons.